The molecule has 0 spiro atoms. The fraction of sp³-hybridized carbons (Fsp3) is 0.381. The van der Waals surface area contributed by atoms with E-state index in [0.717, 1.165) is 35.0 Å². The van der Waals surface area contributed by atoms with Crippen molar-refractivity contribution >= 4 is 29.4 Å². The quantitative estimate of drug-likeness (QED) is 0.715. The number of hydrogen-bond donors (Lipinski definition) is 1. The summed E-state index contributed by atoms with van der Waals surface area (Å²) in [6.45, 7) is 2.63. The molecule has 1 N–H and O–H groups in total. The van der Waals surface area contributed by atoms with Crippen molar-refractivity contribution in [3.63, 3.8) is 0 Å². The second kappa shape index (κ2) is 9.95. The Morgan fingerprint density at radius 2 is 1.93 bits per heavy atom. The van der Waals surface area contributed by atoms with Gasteiger partial charge >= 0.3 is 0 Å². The number of carbonyl (C=O) groups is 1. The minimum Gasteiger partial charge on any atom is -0.496 e. The van der Waals surface area contributed by atoms with E-state index in [1.807, 2.05) is 60.8 Å². The van der Waals surface area contributed by atoms with Gasteiger partial charge in [-0.25, -0.2) is 0 Å². The zero-order valence-corrected chi connectivity index (χ0v) is 17.3. The summed E-state index contributed by atoms with van der Waals surface area (Å²) >= 11 is 3.86. The summed E-state index contributed by atoms with van der Waals surface area (Å²) in [7, 11) is 1.67. The molecule has 1 aliphatic heterocycles. The van der Waals surface area contributed by atoms with Crippen molar-refractivity contribution in [1.82, 2.24) is 5.32 Å². The second-order valence-corrected chi connectivity index (χ2v) is 9.04. The predicted octanol–water partition coefficient (Wildman–Crippen LogP) is 4.22. The van der Waals surface area contributed by atoms with Crippen LogP contribution in [-0.2, 0) is 11.2 Å². The van der Waals surface area contributed by atoms with E-state index in [4.69, 9.17) is 9.47 Å². The Kier molecular flexibility index (Phi) is 7.35. The highest BCUT2D eigenvalue weighted by atomic mass is 32.2. The van der Waals surface area contributed by atoms with Gasteiger partial charge in [-0.1, -0.05) is 35.9 Å². The van der Waals surface area contributed by atoms with Gasteiger partial charge < -0.3 is 14.8 Å². The molecule has 27 heavy (non-hydrogen) atoms. The summed E-state index contributed by atoms with van der Waals surface area (Å²) in [6, 6.07) is 14.1. The number of rotatable bonds is 8. The van der Waals surface area contributed by atoms with Crippen molar-refractivity contribution in [3.8, 4) is 11.5 Å². The van der Waals surface area contributed by atoms with Crippen LogP contribution in [0.2, 0.25) is 0 Å². The zero-order valence-electron chi connectivity index (χ0n) is 15.7. The molecule has 0 atom stereocenters. The number of para-hydroxylation sites is 1. The Morgan fingerprint density at radius 3 is 2.70 bits per heavy atom. The number of thioether (sulfide) groups is 2. The number of methoxy groups -OCH3 is 1. The van der Waals surface area contributed by atoms with E-state index in [2.05, 4.69) is 17.4 Å². The Balaban J connectivity index is 1.49. The molecule has 2 aromatic rings. The molecule has 0 aliphatic carbocycles. The Hall–Kier alpha value is -1.79. The Labute approximate surface area is 169 Å². The lowest BCUT2D eigenvalue weighted by Crippen LogP contribution is -2.30. The van der Waals surface area contributed by atoms with Gasteiger partial charge in [-0.3, -0.25) is 4.79 Å². The van der Waals surface area contributed by atoms with E-state index < -0.39 is 0 Å². The maximum atomic E-state index is 12.2. The van der Waals surface area contributed by atoms with Crippen LogP contribution in [0.3, 0.4) is 0 Å². The van der Waals surface area contributed by atoms with Gasteiger partial charge in [0.25, 0.3) is 5.91 Å². The van der Waals surface area contributed by atoms with Crippen LogP contribution in [0, 0.1) is 6.92 Å². The van der Waals surface area contributed by atoms with Crippen molar-refractivity contribution in [2.24, 2.45) is 0 Å². The van der Waals surface area contributed by atoms with E-state index in [0.29, 0.717) is 11.1 Å². The van der Waals surface area contributed by atoms with Gasteiger partial charge in [-0.05, 0) is 31.0 Å². The molecule has 2 aromatic carbocycles. The molecule has 6 heteroatoms. The van der Waals surface area contributed by atoms with Gasteiger partial charge in [-0.2, -0.15) is 0 Å². The molecule has 0 aromatic heterocycles. The molecule has 144 valence electrons. The summed E-state index contributed by atoms with van der Waals surface area (Å²) in [5.41, 5.74) is 3.45. The fourth-order valence-corrected chi connectivity index (χ4v) is 5.89. The third-order valence-corrected chi connectivity index (χ3v) is 7.37. The standard InChI is InChI=1S/C21H25NO3S2/c1-15-7-8-18(24-2)16(13-15)9-10-22-20(23)14-25-19-6-4-3-5-17(19)21-26-11-12-27-21/h3-8,13,21H,9-12,14H2,1-2H3,(H,22,23). The lowest BCUT2D eigenvalue weighted by molar-refractivity contribution is -0.123. The Morgan fingerprint density at radius 1 is 1.15 bits per heavy atom. The highest BCUT2D eigenvalue weighted by Gasteiger charge is 2.21. The first-order valence-electron chi connectivity index (χ1n) is 9.02. The van der Waals surface area contributed by atoms with Gasteiger partial charge in [0.1, 0.15) is 11.5 Å². The molecular formula is C21H25NO3S2. The lowest BCUT2D eigenvalue weighted by Gasteiger charge is -2.15. The summed E-state index contributed by atoms with van der Waals surface area (Å²) < 4.78 is 11.6. The average Bonchev–Trinajstić information content (AvgIpc) is 3.21. The Bertz CT molecular complexity index is 776. The van der Waals surface area contributed by atoms with Crippen LogP contribution in [-0.4, -0.2) is 37.7 Å². The largest absolute Gasteiger partial charge is 0.496 e. The lowest BCUT2D eigenvalue weighted by atomic mass is 10.1. The minimum atomic E-state index is -0.108. The summed E-state index contributed by atoms with van der Waals surface area (Å²) in [5, 5.41) is 2.93. The summed E-state index contributed by atoms with van der Waals surface area (Å²) in [5.74, 6) is 3.87. The van der Waals surface area contributed by atoms with Crippen LogP contribution >= 0.6 is 23.5 Å². The van der Waals surface area contributed by atoms with Gasteiger partial charge in [-0.15, -0.1) is 23.5 Å². The normalized spacial score (nSPS) is 14.1. The number of amides is 1. The summed E-state index contributed by atoms with van der Waals surface area (Å²) in [6.07, 6.45) is 0.725. The molecule has 4 nitrogen and oxygen atoms in total. The van der Waals surface area contributed by atoms with E-state index in [1.165, 1.54) is 11.1 Å². The molecule has 1 amide bonds. The van der Waals surface area contributed by atoms with Gasteiger partial charge in [0, 0.05) is 23.6 Å². The van der Waals surface area contributed by atoms with Crippen LogP contribution in [0.1, 0.15) is 21.3 Å². The molecular weight excluding hydrogens is 378 g/mol. The first-order valence-corrected chi connectivity index (χ1v) is 11.1. The minimum absolute atomic E-state index is 0.0318. The van der Waals surface area contributed by atoms with Crippen LogP contribution in [0.25, 0.3) is 0 Å². The molecule has 0 bridgehead atoms. The average molecular weight is 404 g/mol. The highest BCUT2D eigenvalue weighted by Crippen LogP contribution is 2.48. The maximum absolute atomic E-state index is 12.2. The van der Waals surface area contributed by atoms with E-state index >= 15 is 0 Å². The SMILES string of the molecule is COc1ccc(C)cc1CCNC(=O)COc1ccccc1C1SCCS1. The molecule has 1 heterocycles. The van der Waals surface area contributed by atoms with Gasteiger partial charge in [0.2, 0.25) is 0 Å². The van der Waals surface area contributed by atoms with Gasteiger partial charge in [0.05, 0.1) is 11.7 Å². The van der Waals surface area contributed by atoms with Crippen molar-refractivity contribution in [3.05, 3.63) is 59.2 Å². The molecule has 1 aliphatic rings. The zero-order chi connectivity index (χ0) is 19.1. The molecule has 1 fully saturated rings. The van der Waals surface area contributed by atoms with Crippen molar-refractivity contribution in [2.45, 2.75) is 17.9 Å². The highest BCUT2D eigenvalue weighted by molar-refractivity contribution is 8.19. The first-order chi connectivity index (χ1) is 13.2. The molecule has 0 radical (unpaired) electrons. The van der Waals surface area contributed by atoms with E-state index in [9.17, 15) is 4.79 Å². The van der Waals surface area contributed by atoms with Crippen molar-refractivity contribution in [2.75, 3.05) is 31.8 Å². The number of nitrogens with one attached hydrogen (secondary N) is 1. The molecule has 0 unspecified atom stereocenters. The number of hydrogen-bond acceptors (Lipinski definition) is 5. The fourth-order valence-electron chi connectivity index (χ4n) is 2.98. The number of benzene rings is 2. The van der Waals surface area contributed by atoms with Crippen molar-refractivity contribution in [1.29, 1.82) is 0 Å². The van der Waals surface area contributed by atoms with Crippen LogP contribution in [0.15, 0.2) is 42.5 Å². The number of ether oxygens (including phenoxy) is 2. The third kappa shape index (κ3) is 5.59. The second-order valence-electron chi connectivity index (χ2n) is 6.32. The third-order valence-electron chi connectivity index (χ3n) is 4.31. The van der Waals surface area contributed by atoms with E-state index in [-0.39, 0.29) is 12.5 Å². The topological polar surface area (TPSA) is 47.6 Å². The van der Waals surface area contributed by atoms with Gasteiger partial charge in [0.15, 0.2) is 6.61 Å². The predicted molar refractivity (Wildman–Crippen MR) is 114 cm³/mol. The number of aryl methyl sites for hydroxylation is 1. The maximum Gasteiger partial charge on any atom is 0.257 e. The molecule has 0 saturated carbocycles. The smallest absolute Gasteiger partial charge is 0.257 e. The molecule has 1 saturated heterocycles. The van der Waals surface area contributed by atoms with Crippen molar-refractivity contribution < 1.29 is 14.3 Å². The van der Waals surface area contributed by atoms with Crippen LogP contribution in [0.5, 0.6) is 11.5 Å². The van der Waals surface area contributed by atoms with E-state index in [1.54, 1.807) is 7.11 Å². The number of carbonyl (C=O) groups excluding carboxylic acids is 1. The van der Waals surface area contributed by atoms with Crippen LogP contribution in [0.4, 0.5) is 0 Å². The van der Waals surface area contributed by atoms with Crippen LogP contribution < -0.4 is 14.8 Å². The monoisotopic (exact) mass is 403 g/mol. The molecule has 3 rings (SSSR count). The first kappa shape index (κ1) is 20.0. The summed E-state index contributed by atoms with van der Waals surface area (Å²) in [4.78, 5) is 12.2.